The predicted molar refractivity (Wildman–Crippen MR) is 95.1 cm³/mol. The summed E-state index contributed by atoms with van der Waals surface area (Å²) in [5.41, 5.74) is 0.541. The van der Waals surface area contributed by atoms with Gasteiger partial charge in [-0.2, -0.15) is 5.10 Å². The standard InChI is InChI=1S/C18H17FN4O2S/c19-15-10-20-4-1-14(15)18(25)2-5-23(6-3-18)17(24)12-7-16(26-11-12)13-8-21-22-9-13/h1,4,7-11,25H,2-3,5-6H2,(H,21,22). The van der Waals surface area contributed by atoms with Gasteiger partial charge in [0.05, 0.1) is 23.6 Å². The lowest BCUT2D eigenvalue weighted by Crippen LogP contribution is -2.45. The van der Waals surface area contributed by atoms with E-state index in [1.807, 2.05) is 11.4 Å². The Morgan fingerprint density at radius 2 is 2.15 bits per heavy atom. The summed E-state index contributed by atoms with van der Waals surface area (Å²) in [5.74, 6) is -0.592. The average Bonchev–Trinajstić information content (AvgIpc) is 3.33. The van der Waals surface area contributed by atoms with Crippen LogP contribution in [0, 0.1) is 5.82 Å². The maximum absolute atomic E-state index is 14.0. The maximum atomic E-state index is 14.0. The number of aliphatic hydroxyl groups is 1. The number of aromatic amines is 1. The molecule has 1 fully saturated rings. The van der Waals surface area contributed by atoms with E-state index in [0.717, 1.165) is 16.6 Å². The van der Waals surface area contributed by atoms with E-state index in [1.165, 1.54) is 23.6 Å². The number of H-pyrrole nitrogens is 1. The van der Waals surface area contributed by atoms with E-state index in [1.54, 1.807) is 17.3 Å². The van der Waals surface area contributed by atoms with Crippen molar-refractivity contribution in [1.82, 2.24) is 20.1 Å². The molecule has 0 bridgehead atoms. The fourth-order valence-corrected chi connectivity index (χ4v) is 4.14. The Bertz CT molecular complexity index is 917. The van der Waals surface area contributed by atoms with Gasteiger partial charge in [0.1, 0.15) is 5.82 Å². The zero-order valence-electron chi connectivity index (χ0n) is 13.9. The Hall–Kier alpha value is -2.58. The normalized spacial score (nSPS) is 16.6. The molecule has 3 aromatic heterocycles. The Labute approximate surface area is 153 Å². The zero-order valence-corrected chi connectivity index (χ0v) is 14.7. The van der Waals surface area contributed by atoms with E-state index in [4.69, 9.17) is 0 Å². The van der Waals surface area contributed by atoms with E-state index in [0.29, 0.717) is 31.5 Å². The van der Waals surface area contributed by atoms with Gasteiger partial charge in [-0.3, -0.25) is 14.9 Å². The van der Waals surface area contributed by atoms with Crippen LogP contribution >= 0.6 is 11.3 Å². The number of carbonyl (C=O) groups is 1. The van der Waals surface area contributed by atoms with Crippen LogP contribution < -0.4 is 0 Å². The van der Waals surface area contributed by atoms with Crippen molar-refractivity contribution in [2.24, 2.45) is 0 Å². The number of aromatic nitrogens is 3. The number of nitrogens with one attached hydrogen (secondary N) is 1. The largest absolute Gasteiger partial charge is 0.385 e. The SMILES string of the molecule is O=C(c1csc(-c2cn[nH]c2)c1)N1CCC(O)(c2ccncc2F)CC1. The molecule has 1 saturated heterocycles. The third-order valence-electron chi connectivity index (χ3n) is 4.78. The lowest BCUT2D eigenvalue weighted by Gasteiger charge is -2.38. The van der Waals surface area contributed by atoms with Crippen molar-refractivity contribution in [3.8, 4) is 10.4 Å². The van der Waals surface area contributed by atoms with Gasteiger partial charge in [0, 0.05) is 46.9 Å². The van der Waals surface area contributed by atoms with E-state index >= 15 is 0 Å². The number of likely N-dealkylation sites (tertiary alicyclic amines) is 1. The van der Waals surface area contributed by atoms with Crippen molar-refractivity contribution in [2.75, 3.05) is 13.1 Å². The first kappa shape index (κ1) is 16.9. The highest BCUT2D eigenvalue weighted by atomic mass is 32.1. The summed E-state index contributed by atoms with van der Waals surface area (Å²) < 4.78 is 14.0. The van der Waals surface area contributed by atoms with Gasteiger partial charge >= 0.3 is 0 Å². The van der Waals surface area contributed by atoms with Crippen LogP contribution in [0.1, 0.15) is 28.8 Å². The molecule has 3 aromatic rings. The number of pyridine rings is 1. The Balaban J connectivity index is 1.46. The molecule has 0 radical (unpaired) electrons. The summed E-state index contributed by atoms with van der Waals surface area (Å²) in [7, 11) is 0. The van der Waals surface area contributed by atoms with Gasteiger partial charge in [0.2, 0.25) is 0 Å². The fraction of sp³-hybridized carbons (Fsp3) is 0.278. The first-order valence-electron chi connectivity index (χ1n) is 8.26. The van der Waals surface area contributed by atoms with E-state index in [2.05, 4.69) is 15.2 Å². The second kappa shape index (κ2) is 6.62. The van der Waals surface area contributed by atoms with E-state index in [-0.39, 0.29) is 11.5 Å². The van der Waals surface area contributed by atoms with Gasteiger partial charge in [-0.05, 0) is 25.0 Å². The highest BCUT2D eigenvalue weighted by molar-refractivity contribution is 7.13. The van der Waals surface area contributed by atoms with Crippen molar-refractivity contribution in [3.05, 3.63) is 59.2 Å². The number of piperidine rings is 1. The number of amides is 1. The molecule has 0 saturated carbocycles. The number of nitrogens with zero attached hydrogens (tertiary/aromatic N) is 3. The molecule has 4 heterocycles. The van der Waals surface area contributed by atoms with Crippen LogP contribution in [-0.2, 0) is 5.60 Å². The predicted octanol–water partition coefficient (Wildman–Crippen LogP) is 2.80. The van der Waals surface area contributed by atoms with Crippen molar-refractivity contribution in [1.29, 1.82) is 0 Å². The number of halogens is 1. The molecule has 6 nitrogen and oxygen atoms in total. The molecule has 1 aliphatic heterocycles. The van der Waals surface area contributed by atoms with Crippen molar-refractivity contribution >= 4 is 17.2 Å². The van der Waals surface area contributed by atoms with Crippen molar-refractivity contribution in [2.45, 2.75) is 18.4 Å². The average molecular weight is 372 g/mol. The summed E-state index contributed by atoms with van der Waals surface area (Å²) in [6.07, 6.45) is 6.65. The third-order valence-corrected chi connectivity index (χ3v) is 5.76. The molecule has 0 spiro atoms. The maximum Gasteiger partial charge on any atom is 0.254 e. The van der Waals surface area contributed by atoms with Gasteiger partial charge < -0.3 is 10.0 Å². The Morgan fingerprint density at radius 1 is 1.35 bits per heavy atom. The van der Waals surface area contributed by atoms with Crippen molar-refractivity contribution < 1.29 is 14.3 Å². The zero-order chi connectivity index (χ0) is 18.1. The summed E-state index contributed by atoms with van der Waals surface area (Å²) in [5, 5.41) is 19.3. The van der Waals surface area contributed by atoms with Crippen molar-refractivity contribution in [3.63, 3.8) is 0 Å². The lowest BCUT2D eigenvalue weighted by atomic mass is 9.84. The quantitative estimate of drug-likeness (QED) is 0.741. The van der Waals surface area contributed by atoms with Gasteiger partial charge in [0.25, 0.3) is 5.91 Å². The molecule has 8 heteroatoms. The van der Waals surface area contributed by atoms with E-state index in [9.17, 15) is 14.3 Å². The fourth-order valence-electron chi connectivity index (χ4n) is 3.27. The number of hydrogen-bond acceptors (Lipinski definition) is 5. The number of rotatable bonds is 3. The number of thiophene rings is 1. The Morgan fingerprint density at radius 3 is 2.85 bits per heavy atom. The minimum atomic E-state index is -1.26. The molecule has 4 rings (SSSR count). The highest BCUT2D eigenvalue weighted by Crippen LogP contribution is 2.35. The van der Waals surface area contributed by atoms with E-state index < -0.39 is 11.4 Å². The van der Waals surface area contributed by atoms with Gasteiger partial charge in [-0.1, -0.05) is 0 Å². The summed E-state index contributed by atoms with van der Waals surface area (Å²) in [4.78, 5) is 19.1. The van der Waals surface area contributed by atoms with Crippen LogP contribution in [-0.4, -0.2) is 44.2 Å². The van der Waals surface area contributed by atoms with Crippen LogP contribution in [0.25, 0.3) is 10.4 Å². The molecule has 1 amide bonds. The van der Waals surface area contributed by atoms with Crippen LogP contribution in [0.15, 0.2) is 42.3 Å². The second-order valence-electron chi connectivity index (χ2n) is 6.37. The molecule has 0 unspecified atom stereocenters. The summed E-state index contributed by atoms with van der Waals surface area (Å²) >= 11 is 1.48. The van der Waals surface area contributed by atoms with Gasteiger partial charge in [0.15, 0.2) is 0 Å². The minimum absolute atomic E-state index is 0.0757. The molecule has 2 N–H and O–H groups in total. The van der Waals surface area contributed by atoms with Gasteiger partial charge in [-0.25, -0.2) is 4.39 Å². The first-order chi connectivity index (χ1) is 12.6. The lowest BCUT2D eigenvalue weighted by molar-refractivity contribution is -0.0236. The Kier molecular flexibility index (Phi) is 4.29. The topological polar surface area (TPSA) is 82.1 Å². The van der Waals surface area contributed by atoms with Crippen LogP contribution in [0.5, 0.6) is 0 Å². The first-order valence-corrected chi connectivity index (χ1v) is 9.14. The summed E-state index contributed by atoms with van der Waals surface area (Å²) in [6.45, 7) is 0.738. The van der Waals surface area contributed by atoms with Crippen LogP contribution in [0.4, 0.5) is 4.39 Å². The number of hydrogen-bond donors (Lipinski definition) is 2. The summed E-state index contributed by atoms with van der Waals surface area (Å²) in [6, 6.07) is 3.35. The third kappa shape index (κ3) is 3.02. The molecule has 26 heavy (non-hydrogen) atoms. The van der Waals surface area contributed by atoms with Crippen LogP contribution in [0.3, 0.4) is 0 Å². The highest BCUT2D eigenvalue weighted by Gasteiger charge is 2.37. The smallest absolute Gasteiger partial charge is 0.254 e. The van der Waals surface area contributed by atoms with Crippen LogP contribution in [0.2, 0.25) is 0 Å². The molecular formula is C18H17FN4O2S. The number of carbonyl (C=O) groups excluding carboxylic acids is 1. The molecule has 0 aliphatic carbocycles. The van der Waals surface area contributed by atoms with Gasteiger partial charge in [-0.15, -0.1) is 11.3 Å². The second-order valence-corrected chi connectivity index (χ2v) is 7.28. The monoisotopic (exact) mass is 372 g/mol. The molecule has 0 atom stereocenters. The molecule has 134 valence electrons. The minimum Gasteiger partial charge on any atom is -0.385 e. The molecular weight excluding hydrogens is 355 g/mol. The molecule has 1 aliphatic rings. The molecule has 0 aromatic carbocycles.